The third kappa shape index (κ3) is 5.86. The number of hydrogen-bond donors (Lipinski definition) is 0. The van der Waals surface area contributed by atoms with Gasteiger partial charge in [0, 0.05) is 58.6 Å². The van der Waals surface area contributed by atoms with Crippen LogP contribution in [0.15, 0.2) is 205 Å². The predicted octanol–water partition coefficient (Wildman–Crippen LogP) is 15.3. The number of aromatic nitrogens is 3. The van der Waals surface area contributed by atoms with Crippen molar-refractivity contribution in [2.45, 2.75) is 0 Å². The standard InChI is InChI=1S/C55H33N3OS/c1-3-13-34(14-4-1)35-23-25-36(26-24-35)47-33-48(58-55(57-47)37-15-5-2-6-16-37)40-29-39(38-27-28-51-45(32-38)42-17-9-12-22-50(42)60-51)30-41(31-40)53-54-52(43-18-7-10-20-46(43)56-53)44-19-8-11-21-49(44)59-54/h1-33H. The third-order valence-corrected chi connectivity index (χ3v) is 12.6. The van der Waals surface area contributed by atoms with Gasteiger partial charge in [0.25, 0.3) is 0 Å². The fraction of sp³-hybridized carbons (Fsp3) is 0. The minimum atomic E-state index is 0.664. The third-order valence-electron chi connectivity index (χ3n) is 11.5. The van der Waals surface area contributed by atoms with Crippen molar-refractivity contribution >= 4 is 64.4 Å². The number of hydrogen-bond acceptors (Lipinski definition) is 5. The van der Waals surface area contributed by atoms with Gasteiger partial charge in [-0.2, -0.15) is 0 Å². The molecule has 0 aliphatic heterocycles. The maximum Gasteiger partial charge on any atom is 0.162 e. The molecule has 0 spiro atoms. The van der Waals surface area contributed by atoms with Gasteiger partial charge in [-0.3, -0.25) is 0 Å². The zero-order valence-corrected chi connectivity index (χ0v) is 33.0. The summed E-state index contributed by atoms with van der Waals surface area (Å²) in [5.41, 5.74) is 13.4. The number of furan rings is 1. The van der Waals surface area contributed by atoms with Gasteiger partial charge in [-0.25, -0.2) is 15.0 Å². The van der Waals surface area contributed by atoms with Gasteiger partial charge in [0.2, 0.25) is 0 Å². The lowest BCUT2D eigenvalue weighted by atomic mass is 9.94. The van der Waals surface area contributed by atoms with E-state index in [1.807, 2.05) is 47.7 Å². The first-order valence-corrected chi connectivity index (χ1v) is 20.9. The highest BCUT2D eigenvalue weighted by Crippen LogP contribution is 2.43. The van der Waals surface area contributed by atoms with Crippen molar-refractivity contribution in [3.63, 3.8) is 0 Å². The first-order chi connectivity index (χ1) is 29.7. The van der Waals surface area contributed by atoms with Crippen LogP contribution in [0, 0.1) is 0 Å². The van der Waals surface area contributed by atoms with Crippen LogP contribution in [-0.4, -0.2) is 15.0 Å². The van der Waals surface area contributed by atoms with Gasteiger partial charge in [-0.05, 0) is 76.9 Å². The summed E-state index contributed by atoms with van der Waals surface area (Å²) in [6, 6.07) is 70.3. The van der Waals surface area contributed by atoms with Gasteiger partial charge < -0.3 is 4.42 Å². The first kappa shape index (κ1) is 34.3. The molecule has 0 atom stereocenters. The average Bonchev–Trinajstić information content (AvgIpc) is 3.91. The van der Waals surface area contributed by atoms with Gasteiger partial charge >= 0.3 is 0 Å². The second-order valence-corrected chi connectivity index (χ2v) is 16.2. The van der Waals surface area contributed by atoms with Crippen LogP contribution < -0.4 is 0 Å². The molecule has 8 aromatic carbocycles. The molecule has 5 heteroatoms. The molecule has 12 aromatic rings. The van der Waals surface area contributed by atoms with Crippen LogP contribution in [0.3, 0.4) is 0 Å². The minimum Gasteiger partial charge on any atom is -0.454 e. The highest BCUT2D eigenvalue weighted by molar-refractivity contribution is 7.25. The van der Waals surface area contributed by atoms with Crippen molar-refractivity contribution in [3.05, 3.63) is 200 Å². The van der Waals surface area contributed by atoms with Gasteiger partial charge in [-0.1, -0.05) is 146 Å². The van der Waals surface area contributed by atoms with E-state index in [1.165, 1.54) is 25.7 Å². The number of fused-ring (bicyclic) bond motifs is 8. The fourth-order valence-corrected chi connectivity index (χ4v) is 9.62. The van der Waals surface area contributed by atoms with Crippen LogP contribution in [0.5, 0.6) is 0 Å². The number of thiophene rings is 1. The molecule has 0 saturated heterocycles. The summed E-state index contributed by atoms with van der Waals surface area (Å²) in [7, 11) is 0. The first-order valence-electron chi connectivity index (χ1n) is 20.1. The van der Waals surface area contributed by atoms with Crippen LogP contribution in [0.2, 0.25) is 0 Å². The van der Waals surface area contributed by atoms with Gasteiger partial charge in [-0.15, -0.1) is 11.3 Å². The van der Waals surface area contributed by atoms with Crippen LogP contribution in [0.4, 0.5) is 0 Å². The Morgan fingerprint density at radius 1 is 0.350 bits per heavy atom. The molecule has 0 unspecified atom stereocenters. The second-order valence-electron chi connectivity index (χ2n) is 15.2. The van der Waals surface area contributed by atoms with Crippen LogP contribution in [0.1, 0.15) is 0 Å². The zero-order valence-electron chi connectivity index (χ0n) is 32.2. The molecule has 12 rings (SSSR count). The summed E-state index contributed by atoms with van der Waals surface area (Å²) < 4.78 is 9.29. The molecule has 60 heavy (non-hydrogen) atoms. The number of nitrogens with zero attached hydrogens (tertiary/aromatic N) is 3. The number of benzene rings is 8. The smallest absolute Gasteiger partial charge is 0.162 e. The topological polar surface area (TPSA) is 51.8 Å². The molecule has 280 valence electrons. The van der Waals surface area contributed by atoms with E-state index < -0.39 is 0 Å². The van der Waals surface area contributed by atoms with E-state index in [9.17, 15) is 0 Å². The molecule has 0 aliphatic rings. The highest BCUT2D eigenvalue weighted by Gasteiger charge is 2.20. The van der Waals surface area contributed by atoms with Crippen molar-refractivity contribution in [2.24, 2.45) is 0 Å². The quantitative estimate of drug-likeness (QED) is 0.169. The monoisotopic (exact) mass is 783 g/mol. The molecule has 4 nitrogen and oxygen atoms in total. The van der Waals surface area contributed by atoms with Crippen molar-refractivity contribution < 1.29 is 4.42 Å². The molecule has 0 N–H and O–H groups in total. The molecule has 0 aliphatic carbocycles. The normalized spacial score (nSPS) is 11.7. The average molecular weight is 784 g/mol. The second kappa shape index (κ2) is 14.0. The Kier molecular flexibility index (Phi) is 8.00. The Balaban J connectivity index is 1.11. The van der Waals surface area contributed by atoms with E-state index in [1.54, 1.807) is 0 Å². The minimum absolute atomic E-state index is 0.664. The van der Waals surface area contributed by atoms with Crippen molar-refractivity contribution in [1.29, 1.82) is 0 Å². The highest BCUT2D eigenvalue weighted by atomic mass is 32.1. The van der Waals surface area contributed by atoms with Crippen molar-refractivity contribution in [1.82, 2.24) is 15.0 Å². The lowest BCUT2D eigenvalue weighted by Crippen LogP contribution is -1.97. The molecule has 0 bridgehead atoms. The van der Waals surface area contributed by atoms with E-state index in [4.69, 9.17) is 19.4 Å². The Morgan fingerprint density at radius 2 is 0.933 bits per heavy atom. The summed E-state index contributed by atoms with van der Waals surface area (Å²) in [6.45, 7) is 0. The van der Waals surface area contributed by atoms with Crippen LogP contribution in [-0.2, 0) is 0 Å². The van der Waals surface area contributed by atoms with Crippen molar-refractivity contribution in [2.75, 3.05) is 0 Å². The van der Waals surface area contributed by atoms with Crippen LogP contribution in [0.25, 0.3) is 120 Å². The molecular formula is C55H33N3OS. The molecule has 0 radical (unpaired) electrons. The summed E-state index contributed by atoms with van der Waals surface area (Å²) in [6.07, 6.45) is 0. The fourth-order valence-electron chi connectivity index (χ4n) is 8.54. The van der Waals surface area contributed by atoms with E-state index in [2.05, 4.69) is 164 Å². The number of para-hydroxylation sites is 2. The lowest BCUT2D eigenvalue weighted by molar-refractivity contribution is 0.669. The maximum absolute atomic E-state index is 6.74. The predicted molar refractivity (Wildman–Crippen MR) is 250 cm³/mol. The van der Waals surface area contributed by atoms with Gasteiger partial charge in [0.15, 0.2) is 11.4 Å². The lowest BCUT2D eigenvalue weighted by Gasteiger charge is -2.14. The zero-order chi connectivity index (χ0) is 39.6. The Bertz CT molecular complexity index is 3590. The molecule has 0 saturated carbocycles. The summed E-state index contributed by atoms with van der Waals surface area (Å²) >= 11 is 1.83. The largest absolute Gasteiger partial charge is 0.454 e. The van der Waals surface area contributed by atoms with Crippen molar-refractivity contribution in [3.8, 4) is 67.4 Å². The Hall–Kier alpha value is -7.73. The SMILES string of the molecule is c1ccc(-c2ccc(-c3cc(-c4cc(-c5ccc6sc7ccccc7c6c5)cc(-c5nc6ccccc6c6c5oc5ccccc56)c4)nc(-c4ccccc4)n3)cc2)cc1. The Labute approximate surface area is 349 Å². The number of pyridine rings is 1. The molecule has 4 heterocycles. The maximum atomic E-state index is 6.74. The summed E-state index contributed by atoms with van der Waals surface area (Å²) in [5.74, 6) is 0.664. The van der Waals surface area contributed by atoms with E-state index in [0.717, 1.165) is 88.9 Å². The van der Waals surface area contributed by atoms with E-state index in [-0.39, 0.29) is 0 Å². The molecule has 0 fully saturated rings. The molecule has 0 amide bonds. The molecule has 4 aromatic heterocycles. The van der Waals surface area contributed by atoms with E-state index in [0.29, 0.717) is 5.82 Å². The van der Waals surface area contributed by atoms with E-state index >= 15 is 0 Å². The Morgan fingerprint density at radius 3 is 1.75 bits per heavy atom. The summed E-state index contributed by atoms with van der Waals surface area (Å²) in [5, 5.41) is 5.72. The summed E-state index contributed by atoms with van der Waals surface area (Å²) in [4.78, 5) is 15.9. The van der Waals surface area contributed by atoms with Crippen LogP contribution >= 0.6 is 11.3 Å². The van der Waals surface area contributed by atoms with Gasteiger partial charge in [0.05, 0.1) is 16.9 Å². The van der Waals surface area contributed by atoms with Gasteiger partial charge in [0.1, 0.15) is 11.3 Å². The molecular weight excluding hydrogens is 751 g/mol. The number of rotatable bonds is 6.